The van der Waals surface area contributed by atoms with Gasteiger partial charge in [-0.05, 0) is 12.1 Å². The van der Waals surface area contributed by atoms with Crippen LogP contribution < -0.4 is 11.5 Å². The fourth-order valence-corrected chi connectivity index (χ4v) is 1.67. The quantitative estimate of drug-likeness (QED) is 0.609. The second kappa shape index (κ2) is 4.34. The first-order valence-electron chi connectivity index (χ1n) is 5.16. The average Bonchev–Trinajstić information content (AvgIpc) is 2.57. The summed E-state index contributed by atoms with van der Waals surface area (Å²) in [5, 5.41) is 22.4. The summed E-state index contributed by atoms with van der Waals surface area (Å²) in [6.07, 6.45) is 0.358. The first-order valence-corrected chi connectivity index (χ1v) is 5.16. The van der Waals surface area contributed by atoms with Crippen molar-refractivity contribution in [1.82, 2.24) is 9.78 Å². The van der Waals surface area contributed by atoms with Crippen molar-refractivity contribution in [3.05, 3.63) is 29.8 Å². The molecule has 2 aromatic rings. The van der Waals surface area contributed by atoms with Crippen LogP contribution in [0, 0.1) is 0 Å². The van der Waals surface area contributed by atoms with E-state index in [2.05, 4.69) is 5.10 Å². The van der Waals surface area contributed by atoms with Crippen LogP contribution >= 0.6 is 0 Å². The van der Waals surface area contributed by atoms with Gasteiger partial charge in [-0.1, -0.05) is 6.07 Å². The zero-order valence-corrected chi connectivity index (χ0v) is 9.17. The maximum atomic E-state index is 9.39. The third-order valence-electron chi connectivity index (χ3n) is 2.49. The molecule has 0 fully saturated rings. The van der Waals surface area contributed by atoms with Gasteiger partial charge in [0.25, 0.3) is 0 Å². The molecule has 6 heteroatoms. The van der Waals surface area contributed by atoms with Crippen molar-refractivity contribution in [3.63, 3.8) is 0 Å². The third-order valence-corrected chi connectivity index (χ3v) is 2.49. The smallest absolute Gasteiger partial charge is 0.151 e. The number of phenols is 1. The number of nitrogen functional groups attached to an aromatic ring is 2. The Hall–Kier alpha value is -2.21. The zero-order valence-electron chi connectivity index (χ0n) is 9.17. The summed E-state index contributed by atoms with van der Waals surface area (Å²) in [6, 6.07) is 6.53. The van der Waals surface area contributed by atoms with E-state index in [0.29, 0.717) is 29.3 Å². The molecule has 6 nitrogen and oxygen atoms in total. The molecule has 2 rings (SSSR count). The van der Waals surface area contributed by atoms with Gasteiger partial charge in [0.05, 0.1) is 5.69 Å². The van der Waals surface area contributed by atoms with Crippen molar-refractivity contribution in [2.75, 3.05) is 18.1 Å². The normalized spacial score (nSPS) is 10.6. The van der Waals surface area contributed by atoms with Crippen LogP contribution in [-0.2, 0) is 6.42 Å². The molecule has 6 N–H and O–H groups in total. The molecule has 0 amide bonds. The number of nitrogens with zero attached hydrogens (tertiary/aromatic N) is 2. The Kier molecular flexibility index (Phi) is 2.88. The second-order valence-corrected chi connectivity index (χ2v) is 3.65. The molecule has 0 aliphatic rings. The summed E-state index contributed by atoms with van der Waals surface area (Å²) in [5.41, 5.74) is 12.9. The van der Waals surface area contributed by atoms with E-state index >= 15 is 0 Å². The van der Waals surface area contributed by atoms with Crippen LogP contribution in [-0.4, -0.2) is 26.6 Å². The van der Waals surface area contributed by atoms with Crippen LogP contribution in [0.4, 0.5) is 11.6 Å². The minimum atomic E-state index is -0.0415. The van der Waals surface area contributed by atoms with Crippen molar-refractivity contribution in [1.29, 1.82) is 0 Å². The van der Waals surface area contributed by atoms with Gasteiger partial charge in [-0.15, -0.1) is 5.10 Å². The molecule has 1 aromatic carbocycles. The van der Waals surface area contributed by atoms with Gasteiger partial charge >= 0.3 is 0 Å². The first kappa shape index (κ1) is 11.3. The largest absolute Gasteiger partial charge is 0.508 e. The summed E-state index contributed by atoms with van der Waals surface area (Å²) in [7, 11) is 0. The monoisotopic (exact) mass is 234 g/mol. The molecule has 1 aromatic heterocycles. The number of anilines is 2. The Morgan fingerprint density at radius 2 is 2.06 bits per heavy atom. The molecule has 17 heavy (non-hydrogen) atoms. The van der Waals surface area contributed by atoms with Gasteiger partial charge in [0.1, 0.15) is 11.6 Å². The molecule has 0 unspecified atom stereocenters. The number of aliphatic hydroxyl groups excluding tert-OH is 1. The number of aromatic hydroxyl groups is 1. The van der Waals surface area contributed by atoms with Crippen molar-refractivity contribution in [2.45, 2.75) is 6.42 Å². The number of phenolic OH excluding ortho intramolecular Hbond substituents is 1. The Labute approximate surface area is 98.1 Å². The fourth-order valence-electron chi connectivity index (χ4n) is 1.67. The topological polar surface area (TPSA) is 110 Å². The van der Waals surface area contributed by atoms with E-state index < -0.39 is 0 Å². The highest BCUT2D eigenvalue weighted by molar-refractivity contribution is 5.58. The second-order valence-electron chi connectivity index (χ2n) is 3.65. The number of hydrogen-bond donors (Lipinski definition) is 4. The van der Waals surface area contributed by atoms with Crippen molar-refractivity contribution in [2.24, 2.45) is 0 Å². The Bertz CT molecular complexity index is 536. The van der Waals surface area contributed by atoms with Gasteiger partial charge in [0.2, 0.25) is 0 Å². The van der Waals surface area contributed by atoms with E-state index in [1.807, 2.05) is 0 Å². The van der Waals surface area contributed by atoms with E-state index in [0.717, 1.165) is 0 Å². The fraction of sp³-hybridized carbons (Fsp3) is 0.182. The van der Waals surface area contributed by atoms with Crippen LogP contribution in [0.3, 0.4) is 0 Å². The van der Waals surface area contributed by atoms with E-state index in [4.69, 9.17) is 16.6 Å². The predicted molar refractivity (Wildman–Crippen MR) is 64.8 cm³/mol. The molecular weight excluding hydrogens is 220 g/mol. The maximum Gasteiger partial charge on any atom is 0.151 e. The van der Waals surface area contributed by atoms with Gasteiger partial charge in [0, 0.05) is 24.7 Å². The number of benzene rings is 1. The predicted octanol–water partition coefficient (Wildman–Crippen LogP) is 0.277. The van der Waals surface area contributed by atoms with Crippen molar-refractivity contribution in [3.8, 4) is 11.4 Å². The van der Waals surface area contributed by atoms with Crippen LogP contribution in [0.1, 0.15) is 5.56 Å². The Morgan fingerprint density at radius 1 is 1.29 bits per heavy atom. The van der Waals surface area contributed by atoms with Crippen LogP contribution in [0.5, 0.6) is 5.75 Å². The molecule has 0 bridgehead atoms. The van der Waals surface area contributed by atoms with Gasteiger partial charge < -0.3 is 21.7 Å². The lowest BCUT2D eigenvalue weighted by Gasteiger charge is -2.04. The molecule has 0 spiro atoms. The van der Waals surface area contributed by atoms with Gasteiger partial charge in [-0.3, -0.25) is 0 Å². The molecular formula is C11H14N4O2. The van der Waals surface area contributed by atoms with Gasteiger partial charge in [-0.2, -0.15) is 0 Å². The van der Waals surface area contributed by atoms with E-state index in [-0.39, 0.29) is 12.4 Å². The SMILES string of the molecule is Nc1nn(-c2cccc(O)c2)c(N)c1CCO. The number of nitrogens with two attached hydrogens (primary N) is 2. The Morgan fingerprint density at radius 3 is 2.71 bits per heavy atom. The molecule has 1 heterocycles. The van der Waals surface area contributed by atoms with Crippen LogP contribution in [0.25, 0.3) is 5.69 Å². The molecule has 0 aliphatic heterocycles. The minimum absolute atomic E-state index is 0.0415. The van der Waals surface area contributed by atoms with E-state index in [1.54, 1.807) is 18.2 Å². The maximum absolute atomic E-state index is 9.39. The number of rotatable bonds is 3. The van der Waals surface area contributed by atoms with Crippen molar-refractivity contribution < 1.29 is 10.2 Å². The average molecular weight is 234 g/mol. The molecule has 0 radical (unpaired) electrons. The number of aliphatic hydroxyl groups is 1. The Balaban J connectivity index is 2.50. The minimum Gasteiger partial charge on any atom is -0.508 e. The lowest BCUT2D eigenvalue weighted by atomic mass is 10.2. The third kappa shape index (κ3) is 2.02. The standard InChI is InChI=1S/C11H14N4O2/c12-10-9(4-5-16)11(13)15(14-10)7-2-1-3-8(17)6-7/h1-3,6,16-17H,4-5,13H2,(H2,12,14). The summed E-state index contributed by atoms with van der Waals surface area (Å²) in [5.74, 6) is 0.793. The molecule has 0 aliphatic carbocycles. The zero-order chi connectivity index (χ0) is 12.4. The number of aromatic nitrogens is 2. The van der Waals surface area contributed by atoms with Gasteiger partial charge in [-0.25, -0.2) is 4.68 Å². The summed E-state index contributed by atoms with van der Waals surface area (Å²) in [4.78, 5) is 0. The summed E-state index contributed by atoms with van der Waals surface area (Å²) in [6.45, 7) is -0.0415. The summed E-state index contributed by atoms with van der Waals surface area (Å²) >= 11 is 0. The highest BCUT2D eigenvalue weighted by Gasteiger charge is 2.13. The number of hydrogen-bond acceptors (Lipinski definition) is 5. The highest BCUT2D eigenvalue weighted by atomic mass is 16.3. The lowest BCUT2D eigenvalue weighted by molar-refractivity contribution is 0.300. The van der Waals surface area contributed by atoms with Crippen LogP contribution in [0.15, 0.2) is 24.3 Å². The molecule has 90 valence electrons. The molecule has 0 saturated heterocycles. The highest BCUT2D eigenvalue weighted by Crippen LogP contribution is 2.24. The lowest BCUT2D eigenvalue weighted by Crippen LogP contribution is -2.03. The first-order chi connectivity index (χ1) is 8.13. The summed E-state index contributed by atoms with van der Waals surface area (Å²) < 4.78 is 1.44. The molecule has 0 saturated carbocycles. The van der Waals surface area contributed by atoms with E-state index in [1.165, 1.54) is 10.7 Å². The van der Waals surface area contributed by atoms with Crippen molar-refractivity contribution >= 4 is 11.6 Å². The van der Waals surface area contributed by atoms with Gasteiger partial charge in [0.15, 0.2) is 5.82 Å². The van der Waals surface area contributed by atoms with E-state index in [9.17, 15) is 5.11 Å². The molecule has 0 atom stereocenters. The van der Waals surface area contributed by atoms with Crippen LogP contribution in [0.2, 0.25) is 0 Å².